The van der Waals surface area contributed by atoms with E-state index in [4.69, 9.17) is 23.2 Å². The largest absolute Gasteiger partial charge is 0.244 e. The Balaban J connectivity index is 2.50. The first kappa shape index (κ1) is 13.1. The number of benzene rings is 1. The first-order valence-corrected chi connectivity index (χ1v) is 7.59. The molecule has 0 saturated carbocycles. The number of hydrogen-bond donors (Lipinski definition) is 0. The number of hydrogen-bond acceptors (Lipinski definition) is 2. The summed E-state index contributed by atoms with van der Waals surface area (Å²) in [4.78, 5) is 0.156. The number of halogens is 2. The highest BCUT2D eigenvalue weighted by atomic mass is 35.5. The third-order valence-electron chi connectivity index (χ3n) is 2.97. The first-order chi connectivity index (χ1) is 7.94. The van der Waals surface area contributed by atoms with Crippen molar-refractivity contribution in [1.29, 1.82) is 0 Å². The second-order valence-electron chi connectivity index (χ2n) is 4.10. The van der Waals surface area contributed by atoms with Crippen LogP contribution in [0.25, 0.3) is 0 Å². The van der Waals surface area contributed by atoms with Crippen molar-refractivity contribution >= 4 is 33.2 Å². The quantitative estimate of drug-likeness (QED) is 0.840. The lowest BCUT2D eigenvalue weighted by Crippen LogP contribution is -2.28. The normalized spacial score (nSPS) is 17.6. The number of nitrogens with zero attached hydrogens (tertiary/aromatic N) is 1. The minimum atomic E-state index is -3.47. The third kappa shape index (κ3) is 2.32. The summed E-state index contributed by atoms with van der Waals surface area (Å²) in [6, 6.07) is 3.05. The fourth-order valence-electron chi connectivity index (χ4n) is 1.90. The Morgan fingerprint density at radius 1 is 1.18 bits per heavy atom. The smallest absolute Gasteiger partial charge is 0.207 e. The molecular formula is C11H13Cl2NO2S. The lowest BCUT2D eigenvalue weighted by Gasteiger charge is -2.17. The van der Waals surface area contributed by atoms with Gasteiger partial charge in [0.25, 0.3) is 0 Å². The molecule has 0 amide bonds. The van der Waals surface area contributed by atoms with Crippen molar-refractivity contribution in [2.45, 2.75) is 24.7 Å². The molecule has 3 nitrogen and oxygen atoms in total. The summed E-state index contributed by atoms with van der Waals surface area (Å²) in [6.45, 7) is 2.86. The fourth-order valence-corrected chi connectivity index (χ4v) is 4.20. The predicted molar refractivity (Wildman–Crippen MR) is 69.2 cm³/mol. The van der Waals surface area contributed by atoms with E-state index in [0.29, 0.717) is 23.7 Å². The minimum absolute atomic E-state index is 0.156. The van der Waals surface area contributed by atoms with E-state index in [9.17, 15) is 8.42 Å². The van der Waals surface area contributed by atoms with Crippen LogP contribution >= 0.6 is 23.2 Å². The van der Waals surface area contributed by atoms with Crippen LogP contribution < -0.4 is 0 Å². The van der Waals surface area contributed by atoms with Gasteiger partial charge in [-0.15, -0.1) is 0 Å². The summed E-state index contributed by atoms with van der Waals surface area (Å²) in [5.74, 6) is 0. The van der Waals surface area contributed by atoms with E-state index in [1.807, 2.05) is 0 Å². The van der Waals surface area contributed by atoms with Crippen molar-refractivity contribution < 1.29 is 8.42 Å². The molecule has 17 heavy (non-hydrogen) atoms. The molecular weight excluding hydrogens is 281 g/mol. The van der Waals surface area contributed by atoms with Gasteiger partial charge in [-0.3, -0.25) is 0 Å². The summed E-state index contributed by atoms with van der Waals surface area (Å²) in [6.07, 6.45) is 1.81. The summed E-state index contributed by atoms with van der Waals surface area (Å²) < 4.78 is 26.1. The van der Waals surface area contributed by atoms with Crippen LogP contribution in [0.4, 0.5) is 0 Å². The lowest BCUT2D eigenvalue weighted by molar-refractivity contribution is 0.477. The van der Waals surface area contributed by atoms with Crippen molar-refractivity contribution in [2.24, 2.45) is 0 Å². The van der Waals surface area contributed by atoms with Crippen molar-refractivity contribution in [1.82, 2.24) is 4.31 Å². The zero-order chi connectivity index (χ0) is 12.6. The SMILES string of the molecule is Cc1c(Cl)ccc(S(=O)(=O)N2CCCC2)c1Cl. The van der Waals surface area contributed by atoms with Gasteiger partial charge in [-0.1, -0.05) is 23.2 Å². The topological polar surface area (TPSA) is 37.4 Å². The van der Waals surface area contributed by atoms with Crippen molar-refractivity contribution in [3.63, 3.8) is 0 Å². The molecule has 0 aromatic heterocycles. The molecule has 1 aromatic rings. The third-order valence-corrected chi connectivity index (χ3v) is 5.92. The monoisotopic (exact) mass is 293 g/mol. The van der Waals surface area contributed by atoms with Gasteiger partial charge < -0.3 is 0 Å². The van der Waals surface area contributed by atoms with E-state index in [1.54, 1.807) is 13.0 Å². The van der Waals surface area contributed by atoms with Crippen molar-refractivity contribution in [3.05, 3.63) is 27.7 Å². The Kier molecular flexibility index (Phi) is 3.69. The minimum Gasteiger partial charge on any atom is -0.207 e. The van der Waals surface area contributed by atoms with E-state index in [2.05, 4.69) is 0 Å². The van der Waals surface area contributed by atoms with Gasteiger partial charge in [0, 0.05) is 18.1 Å². The van der Waals surface area contributed by atoms with Crippen LogP contribution in [0.1, 0.15) is 18.4 Å². The van der Waals surface area contributed by atoms with E-state index >= 15 is 0 Å². The zero-order valence-corrected chi connectivity index (χ0v) is 11.7. The highest BCUT2D eigenvalue weighted by Crippen LogP contribution is 2.32. The summed E-state index contributed by atoms with van der Waals surface area (Å²) in [7, 11) is -3.47. The van der Waals surface area contributed by atoms with E-state index < -0.39 is 10.0 Å². The molecule has 2 rings (SSSR count). The van der Waals surface area contributed by atoms with Crippen LogP contribution in [0.3, 0.4) is 0 Å². The molecule has 1 aliphatic rings. The second-order valence-corrected chi connectivity index (χ2v) is 6.79. The molecule has 0 spiro atoms. The molecule has 1 aromatic carbocycles. The molecule has 1 saturated heterocycles. The molecule has 1 fully saturated rings. The number of rotatable bonds is 2. The maximum absolute atomic E-state index is 12.3. The van der Waals surface area contributed by atoms with Gasteiger partial charge in [0.15, 0.2) is 0 Å². The zero-order valence-electron chi connectivity index (χ0n) is 9.41. The van der Waals surface area contributed by atoms with Gasteiger partial charge in [0.2, 0.25) is 10.0 Å². The van der Waals surface area contributed by atoms with E-state index in [1.165, 1.54) is 10.4 Å². The van der Waals surface area contributed by atoms with Crippen LogP contribution in [0.5, 0.6) is 0 Å². The second kappa shape index (κ2) is 4.76. The number of sulfonamides is 1. The summed E-state index contributed by atoms with van der Waals surface area (Å²) in [5, 5.41) is 0.708. The van der Waals surface area contributed by atoms with Crippen LogP contribution in [0, 0.1) is 6.92 Å². The van der Waals surface area contributed by atoms with Gasteiger partial charge in [-0.05, 0) is 37.5 Å². The molecule has 0 aliphatic carbocycles. The molecule has 6 heteroatoms. The van der Waals surface area contributed by atoms with Crippen LogP contribution in [-0.4, -0.2) is 25.8 Å². The van der Waals surface area contributed by atoms with Gasteiger partial charge in [0.05, 0.1) is 5.02 Å². The highest BCUT2D eigenvalue weighted by molar-refractivity contribution is 7.89. The van der Waals surface area contributed by atoms with Crippen molar-refractivity contribution in [3.8, 4) is 0 Å². The molecule has 1 heterocycles. The Morgan fingerprint density at radius 3 is 2.35 bits per heavy atom. The van der Waals surface area contributed by atoms with Gasteiger partial charge in [-0.2, -0.15) is 4.31 Å². The first-order valence-electron chi connectivity index (χ1n) is 5.39. The van der Waals surface area contributed by atoms with Crippen molar-refractivity contribution in [2.75, 3.05) is 13.1 Å². The average molecular weight is 294 g/mol. The Bertz CT molecular complexity index is 537. The molecule has 94 valence electrons. The Hall–Kier alpha value is -0.290. The van der Waals surface area contributed by atoms with E-state index in [0.717, 1.165) is 12.8 Å². The van der Waals surface area contributed by atoms with Gasteiger partial charge >= 0.3 is 0 Å². The lowest BCUT2D eigenvalue weighted by atomic mass is 10.2. The van der Waals surface area contributed by atoms with Crippen LogP contribution in [0.15, 0.2) is 17.0 Å². The standard InChI is InChI=1S/C11H13Cl2NO2S/c1-8-9(12)4-5-10(11(8)13)17(15,16)14-6-2-3-7-14/h4-5H,2-3,6-7H2,1H3. The Labute approximate surface area is 111 Å². The van der Waals surface area contributed by atoms with Gasteiger partial charge in [-0.25, -0.2) is 8.42 Å². The van der Waals surface area contributed by atoms with Crippen LogP contribution in [-0.2, 0) is 10.0 Å². The molecule has 0 unspecified atom stereocenters. The molecule has 0 bridgehead atoms. The highest BCUT2D eigenvalue weighted by Gasteiger charge is 2.29. The predicted octanol–water partition coefficient (Wildman–Crippen LogP) is 3.09. The summed E-state index contributed by atoms with van der Waals surface area (Å²) in [5.41, 5.74) is 0.605. The average Bonchev–Trinajstić information content (AvgIpc) is 2.79. The van der Waals surface area contributed by atoms with E-state index in [-0.39, 0.29) is 9.92 Å². The molecule has 1 aliphatic heterocycles. The molecule has 0 radical (unpaired) electrons. The Morgan fingerprint density at radius 2 is 1.76 bits per heavy atom. The van der Waals surface area contributed by atoms with Crippen LogP contribution in [0.2, 0.25) is 10.0 Å². The maximum atomic E-state index is 12.3. The van der Waals surface area contributed by atoms with Gasteiger partial charge in [0.1, 0.15) is 4.90 Å². The summed E-state index contributed by atoms with van der Waals surface area (Å²) >= 11 is 12.0. The molecule has 0 atom stereocenters. The molecule has 0 N–H and O–H groups in total. The maximum Gasteiger partial charge on any atom is 0.244 e. The fraction of sp³-hybridized carbons (Fsp3) is 0.455.